The summed E-state index contributed by atoms with van der Waals surface area (Å²) in [5.74, 6) is 1.13. The molecule has 2 aromatic rings. The van der Waals surface area contributed by atoms with Crippen LogP contribution in [0.3, 0.4) is 0 Å². The maximum Gasteiger partial charge on any atom is 0.223 e. The fourth-order valence-corrected chi connectivity index (χ4v) is 2.63. The molecular weight excluding hydrogens is 252 g/mol. The van der Waals surface area contributed by atoms with Crippen LogP contribution in [0.2, 0.25) is 0 Å². The number of benzene rings is 1. The molecule has 0 radical (unpaired) electrons. The monoisotopic (exact) mass is 270 g/mol. The molecule has 0 atom stereocenters. The number of hydrogen-bond donors (Lipinski definition) is 0. The minimum Gasteiger partial charge on any atom is -0.361 e. The summed E-state index contributed by atoms with van der Waals surface area (Å²) in [7, 11) is 0. The van der Waals surface area contributed by atoms with Crippen LogP contribution in [0.5, 0.6) is 0 Å². The van der Waals surface area contributed by atoms with Crippen molar-refractivity contribution >= 4 is 5.91 Å². The molecule has 0 bridgehead atoms. The predicted octanol–water partition coefficient (Wildman–Crippen LogP) is 2.50. The molecule has 0 N–H and O–H groups in total. The van der Waals surface area contributed by atoms with Crippen LogP contribution < -0.4 is 0 Å². The molecule has 1 aliphatic rings. The van der Waals surface area contributed by atoms with E-state index in [1.807, 2.05) is 11.0 Å². The number of aromatic nitrogens is 1. The van der Waals surface area contributed by atoms with E-state index >= 15 is 0 Å². The van der Waals surface area contributed by atoms with Gasteiger partial charge in [0.25, 0.3) is 0 Å². The zero-order valence-electron chi connectivity index (χ0n) is 11.6. The van der Waals surface area contributed by atoms with Crippen molar-refractivity contribution in [2.75, 3.05) is 6.54 Å². The maximum absolute atomic E-state index is 12.3. The average Bonchev–Trinajstić information content (AvgIpc) is 2.92. The molecule has 0 spiro atoms. The minimum absolute atomic E-state index is 0.207. The van der Waals surface area contributed by atoms with Crippen LogP contribution in [-0.2, 0) is 24.2 Å². The summed E-state index contributed by atoms with van der Waals surface area (Å²) in [6.45, 7) is 3.43. The SMILES string of the molecule is Cc1cccc(CCC(=O)N2CCc3oncc3C2)c1. The molecule has 0 saturated carbocycles. The normalized spacial score (nSPS) is 14.2. The fourth-order valence-electron chi connectivity index (χ4n) is 2.63. The van der Waals surface area contributed by atoms with Gasteiger partial charge in [0.15, 0.2) is 0 Å². The van der Waals surface area contributed by atoms with Gasteiger partial charge in [0, 0.05) is 24.9 Å². The van der Waals surface area contributed by atoms with Crippen molar-refractivity contribution in [3.63, 3.8) is 0 Å². The molecular formula is C16H18N2O2. The van der Waals surface area contributed by atoms with Crippen LogP contribution in [-0.4, -0.2) is 22.5 Å². The van der Waals surface area contributed by atoms with Crippen LogP contribution in [0.15, 0.2) is 35.0 Å². The van der Waals surface area contributed by atoms with E-state index in [1.165, 1.54) is 11.1 Å². The first-order chi connectivity index (χ1) is 9.72. The van der Waals surface area contributed by atoms with Crippen LogP contribution in [0.25, 0.3) is 0 Å². The molecule has 0 unspecified atom stereocenters. The third kappa shape index (κ3) is 2.74. The Kier molecular flexibility index (Phi) is 3.54. The number of hydrogen-bond acceptors (Lipinski definition) is 3. The van der Waals surface area contributed by atoms with E-state index < -0.39 is 0 Å². The van der Waals surface area contributed by atoms with Gasteiger partial charge < -0.3 is 9.42 Å². The van der Waals surface area contributed by atoms with Crippen molar-refractivity contribution < 1.29 is 9.32 Å². The van der Waals surface area contributed by atoms with Crippen molar-refractivity contribution in [1.29, 1.82) is 0 Å². The van der Waals surface area contributed by atoms with Gasteiger partial charge in [-0.05, 0) is 18.9 Å². The zero-order chi connectivity index (χ0) is 13.9. The second-order valence-electron chi connectivity index (χ2n) is 5.33. The van der Waals surface area contributed by atoms with Crippen LogP contribution in [0, 0.1) is 6.92 Å². The highest BCUT2D eigenvalue weighted by Crippen LogP contribution is 2.19. The Morgan fingerprint density at radius 2 is 2.35 bits per heavy atom. The Morgan fingerprint density at radius 3 is 3.20 bits per heavy atom. The van der Waals surface area contributed by atoms with E-state index in [9.17, 15) is 4.79 Å². The van der Waals surface area contributed by atoms with E-state index in [0.717, 1.165) is 30.7 Å². The van der Waals surface area contributed by atoms with Crippen LogP contribution in [0.4, 0.5) is 0 Å². The third-order valence-electron chi connectivity index (χ3n) is 3.76. The molecule has 2 heterocycles. The highest BCUT2D eigenvalue weighted by Gasteiger charge is 2.22. The van der Waals surface area contributed by atoms with Gasteiger partial charge in [-0.25, -0.2) is 0 Å². The van der Waals surface area contributed by atoms with E-state index in [1.54, 1.807) is 6.20 Å². The molecule has 20 heavy (non-hydrogen) atoms. The van der Waals surface area contributed by atoms with Gasteiger partial charge in [0.1, 0.15) is 5.76 Å². The topological polar surface area (TPSA) is 46.3 Å². The second kappa shape index (κ2) is 5.49. The Bertz CT molecular complexity index is 618. The van der Waals surface area contributed by atoms with E-state index in [4.69, 9.17) is 4.52 Å². The van der Waals surface area contributed by atoms with Crippen molar-refractivity contribution in [2.24, 2.45) is 0 Å². The maximum atomic E-state index is 12.3. The van der Waals surface area contributed by atoms with E-state index in [0.29, 0.717) is 13.0 Å². The lowest BCUT2D eigenvalue weighted by Crippen LogP contribution is -2.35. The van der Waals surface area contributed by atoms with Crippen LogP contribution in [0.1, 0.15) is 28.9 Å². The number of carbonyl (C=O) groups excluding carboxylic acids is 1. The number of rotatable bonds is 3. The molecule has 4 nitrogen and oxygen atoms in total. The number of nitrogens with zero attached hydrogens (tertiary/aromatic N) is 2. The molecule has 104 valence electrons. The van der Waals surface area contributed by atoms with Gasteiger partial charge in [-0.1, -0.05) is 35.0 Å². The largest absolute Gasteiger partial charge is 0.361 e. The minimum atomic E-state index is 0.207. The quantitative estimate of drug-likeness (QED) is 0.861. The summed E-state index contributed by atoms with van der Waals surface area (Å²) in [5.41, 5.74) is 3.50. The highest BCUT2D eigenvalue weighted by atomic mass is 16.5. The molecule has 0 saturated heterocycles. The molecule has 3 rings (SSSR count). The second-order valence-corrected chi connectivity index (χ2v) is 5.33. The smallest absolute Gasteiger partial charge is 0.223 e. The highest BCUT2D eigenvalue weighted by molar-refractivity contribution is 5.76. The lowest BCUT2D eigenvalue weighted by molar-refractivity contribution is -0.132. The van der Waals surface area contributed by atoms with Gasteiger partial charge in [0.05, 0.1) is 12.7 Å². The van der Waals surface area contributed by atoms with Gasteiger partial charge in [-0.3, -0.25) is 4.79 Å². The number of carbonyl (C=O) groups is 1. The molecule has 1 aromatic carbocycles. The van der Waals surface area contributed by atoms with Crippen molar-refractivity contribution in [2.45, 2.75) is 32.7 Å². The lowest BCUT2D eigenvalue weighted by Gasteiger charge is -2.25. The number of aryl methyl sites for hydroxylation is 2. The first-order valence-electron chi connectivity index (χ1n) is 6.98. The number of amides is 1. The summed E-state index contributed by atoms with van der Waals surface area (Å²) in [6.07, 6.45) is 3.85. The summed E-state index contributed by atoms with van der Waals surface area (Å²) < 4.78 is 5.14. The van der Waals surface area contributed by atoms with Gasteiger partial charge >= 0.3 is 0 Å². The molecule has 1 aromatic heterocycles. The van der Waals surface area contributed by atoms with Crippen molar-refractivity contribution in [3.8, 4) is 0 Å². The fraction of sp³-hybridized carbons (Fsp3) is 0.375. The van der Waals surface area contributed by atoms with Gasteiger partial charge in [0.2, 0.25) is 5.91 Å². The first-order valence-corrected chi connectivity index (χ1v) is 6.98. The van der Waals surface area contributed by atoms with E-state index in [2.05, 4.69) is 30.3 Å². The summed E-state index contributed by atoms with van der Waals surface area (Å²) in [4.78, 5) is 14.2. The van der Waals surface area contributed by atoms with Gasteiger partial charge in [-0.15, -0.1) is 0 Å². The van der Waals surface area contributed by atoms with Crippen molar-refractivity contribution in [1.82, 2.24) is 10.1 Å². The molecule has 1 amide bonds. The Morgan fingerprint density at radius 1 is 1.45 bits per heavy atom. The predicted molar refractivity (Wildman–Crippen MR) is 75.1 cm³/mol. The molecule has 1 aliphatic heterocycles. The van der Waals surface area contributed by atoms with Crippen LogP contribution >= 0.6 is 0 Å². The third-order valence-corrected chi connectivity index (χ3v) is 3.76. The summed E-state index contributed by atoms with van der Waals surface area (Å²) >= 11 is 0. The van der Waals surface area contributed by atoms with Gasteiger partial charge in [-0.2, -0.15) is 0 Å². The molecule has 4 heteroatoms. The molecule has 0 aliphatic carbocycles. The number of fused-ring (bicyclic) bond motifs is 1. The Labute approximate surface area is 118 Å². The lowest BCUT2D eigenvalue weighted by atomic mass is 10.1. The first kappa shape index (κ1) is 12.9. The van der Waals surface area contributed by atoms with E-state index in [-0.39, 0.29) is 5.91 Å². The average molecular weight is 270 g/mol. The Balaban J connectivity index is 1.58. The summed E-state index contributed by atoms with van der Waals surface area (Å²) in [6, 6.07) is 8.33. The zero-order valence-corrected chi connectivity index (χ0v) is 11.6. The van der Waals surface area contributed by atoms with Crippen molar-refractivity contribution in [3.05, 3.63) is 52.9 Å². The summed E-state index contributed by atoms with van der Waals surface area (Å²) in [5, 5.41) is 3.79. The standard InChI is InChI=1S/C16H18N2O2/c1-12-3-2-4-13(9-12)5-6-16(19)18-8-7-15-14(11-18)10-17-20-15/h2-4,9-10H,5-8,11H2,1H3. The molecule has 0 fully saturated rings. The Hall–Kier alpha value is -2.10.